The van der Waals surface area contributed by atoms with Gasteiger partial charge in [0.05, 0.1) is 6.61 Å². The largest absolute Gasteiger partial charge is 0.450 e. The van der Waals surface area contributed by atoms with E-state index in [0.29, 0.717) is 6.61 Å². The highest BCUT2D eigenvalue weighted by Crippen LogP contribution is 1.78. The molecule has 0 unspecified atom stereocenters. The van der Waals surface area contributed by atoms with Gasteiger partial charge in [0.1, 0.15) is 0 Å². The lowest BCUT2D eigenvalue weighted by atomic mass is 10.4. The van der Waals surface area contributed by atoms with Crippen LogP contribution in [0.2, 0.25) is 0 Å². The minimum Gasteiger partial charge on any atom is -0.450 e. The summed E-state index contributed by atoms with van der Waals surface area (Å²) < 4.78 is 4.54. The van der Waals surface area contributed by atoms with E-state index in [1.165, 1.54) is 0 Å². The summed E-state index contributed by atoms with van der Waals surface area (Å²) in [4.78, 5) is 21.1. The molecule has 12 heavy (non-hydrogen) atoms. The molecule has 0 aliphatic heterocycles. The summed E-state index contributed by atoms with van der Waals surface area (Å²) in [7, 11) is 0. The number of hydrogen-bond acceptors (Lipinski definition) is 4. The monoisotopic (exact) mass is 175 g/mol. The molecule has 0 saturated carbocycles. The first-order valence-corrected chi connectivity index (χ1v) is 3.60. The van der Waals surface area contributed by atoms with Crippen molar-refractivity contribution in [3.05, 3.63) is 0 Å². The van der Waals surface area contributed by atoms with Gasteiger partial charge in [-0.3, -0.25) is 10.2 Å². The number of rotatable bonds is 4. The summed E-state index contributed by atoms with van der Waals surface area (Å²) in [5.41, 5.74) is 1.94. The van der Waals surface area contributed by atoms with Crippen LogP contribution in [0.1, 0.15) is 13.3 Å². The third-order valence-corrected chi connectivity index (χ3v) is 1.06. The molecule has 0 bridgehead atoms. The molecule has 0 saturated heterocycles. The van der Waals surface area contributed by atoms with Crippen molar-refractivity contribution >= 4 is 12.0 Å². The zero-order valence-corrected chi connectivity index (χ0v) is 6.92. The van der Waals surface area contributed by atoms with Crippen molar-refractivity contribution in [2.45, 2.75) is 13.3 Å². The fourth-order valence-electron chi connectivity index (χ4n) is 0.532. The average Bonchev–Trinajstić information content (AvgIpc) is 2.04. The highest BCUT2D eigenvalue weighted by atomic mass is 16.5. The van der Waals surface area contributed by atoms with Crippen LogP contribution in [-0.4, -0.2) is 25.2 Å². The van der Waals surface area contributed by atoms with Gasteiger partial charge >= 0.3 is 6.09 Å². The van der Waals surface area contributed by atoms with Gasteiger partial charge < -0.3 is 10.1 Å². The quantitative estimate of drug-likeness (QED) is 0.293. The fourth-order valence-corrected chi connectivity index (χ4v) is 0.532. The van der Waals surface area contributed by atoms with Crippen LogP contribution in [0.15, 0.2) is 0 Å². The molecular weight excluding hydrogens is 162 g/mol. The number of nitrogens with one attached hydrogen (secondary N) is 2. The van der Waals surface area contributed by atoms with Crippen molar-refractivity contribution in [2.24, 2.45) is 5.84 Å². The fraction of sp³-hybridized carbons (Fsp3) is 0.667. The van der Waals surface area contributed by atoms with E-state index in [-0.39, 0.29) is 18.9 Å². The molecule has 0 rings (SSSR count). The molecule has 6 nitrogen and oxygen atoms in total. The van der Waals surface area contributed by atoms with Gasteiger partial charge in [0.2, 0.25) is 5.91 Å². The van der Waals surface area contributed by atoms with Crippen molar-refractivity contribution in [1.82, 2.24) is 10.7 Å². The maximum Gasteiger partial charge on any atom is 0.407 e. The van der Waals surface area contributed by atoms with Gasteiger partial charge in [0.25, 0.3) is 0 Å². The Kier molecular flexibility index (Phi) is 5.72. The minimum absolute atomic E-state index is 0.148. The molecule has 6 heteroatoms. The predicted molar refractivity (Wildman–Crippen MR) is 42.0 cm³/mol. The van der Waals surface area contributed by atoms with Crippen LogP contribution in [0.25, 0.3) is 0 Å². The second-order valence-electron chi connectivity index (χ2n) is 1.96. The van der Waals surface area contributed by atoms with Crippen LogP contribution < -0.4 is 16.6 Å². The smallest absolute Gasteiger partial charge is 0.407 e. The van der Waals surface area contributed by atoms with E-state index in [1.54, 1.807) is 6.92 Å². The molecule has 70 valence electrons. The van der Waals surface area contributed by atoms with Gasteiger partial charge in [-0.15, -0.1) is 0 Å². The zero-order valence-electron chi connectivity index (χ0n) is 6.92. The van der Waals surface area contributed by atoms with E-state index >= 15 is 0 Å². The number of carbonyl (C=O) groups is 2. The van der Waals surface area contributed by atoms with E-state index < -0.39 is 6.09 Å². The highest BCUT2D eigenvalue weighted by molar-refractivity contribution is 5.76. The molecular formula is C6H13N3O3. The van der Waals surface area contributed by atoms with Gasteiger partial charge in [0, 0.05) is 13.0 Å². The average molecular weight is 175 g/mol. The third kappa shape index (κ3) is 5.48. The van der Waals surface area contributed by atoms with E-state index in [1.807, 2.05) is 5.43 Å². The number of carbonyl (C=O) groups excluding carboxylic acids is 2. The number of ether oxygens (including phenoxy) is 1. The summed E-state index contributed by atoms with van der Waals surface area (Å²) >= 11 is 0. The summed E-state index contributed by atoms with van der Waals surface area (Å²) in [5, 5.41) is 2.37. The SMILES string of the molecule is CCOC(=O)NCCC(=O)NN. The van der Waals surface area contributed by atoms with Crippen LogP contribution >= 0.6 is 0 Å². The van der Waals surface area contributed by atoms with E-state index in [0.717, 1.165) is 0 Å². The standard InChI is InChI=1S/C6H13N3O3/c1-2-12-6(11)8-4-3-5(10)9-7/h2-4,7H2,1H3,(H,8,11)(H,9,10). The summed E-state index contributed by atoms with van der Waals surface area (Å²) in [6.07, 6.45) is -0.377. The van der Waals surface area contributed by atoms with Gasteiger partial charge in [-0.1, -0.05) is 0 Å². The number of hydrazine groups is 1. The van der Waals surface area contributed by atoms with Gasteiger partial charge in [-0.05, 0) is 6.92 Å². The highest BCUT2D eigenvalue weighted by Gasteiger charge is 2.01. The maximum atomic E-state index is 10.6. The topological polar surface area (TPSA) is 93.4 Å². The molecule has 0 aliphatic rings. The molecule has 0 fully saturated rings. The summed E-state index contributed by atoms with van der Waals surface area (Å²) in [6, 6.07) is 0. The molecule has 0 aromatic heterocycles. The van der Waals surface area contributed by atoms with Crippen LogP contribution in [0.4, 0.5) is 4.79 Å². The van der Waals surface area contributed by atoms with E-state index in [4.69, 9.17) is 5.84 Å². The van der Waals surface area contributed by atoms with Crippen LogP contribution in [0.5, 0.6) is 0 Å². The maximum absolute atomic E-state index is 10.6. The van der Waals surface area contributed by atoms with Crippen molar-refractivity contribution in [3.8, 4) is 0 Å². The van der Waals surface area contributed by atoms with Crippen LogP contribution in [-0.2, 0) is 9.53 Å². The van der Waals surface area contributed by atoms with E-state index in [9.17, 15) is 9.59 Å². The number of nitrogens with two attached hydrogens (primary N) is 1. The van der Waals surface area contributed by atoms with Gasteiger partial charge in [-0.25, -0.2) is 10.6 Å². The van der Waals surface area contributed by atoms with Crippen LogP contribution in [0.3, 0.4) is 0 Å². The Morgan fingerprint density at radius 2 is 2.17 bits per heavy atom. The number of hydrogen-bond donors (Lipinski definition) is 3. The molecule has 2 amide bonds. The lowest BCUT2D eigenvalue weighted by Crippen LogP contribution is -2.34. The van der Waals surface area contributed by atoms with Crippen molar-refractivity contribution in [3.63, 3.8) is 0 Å². The Balaban J connectivity index is 3.30. The Morgan fingerprint density at radius 1 is 1.50 bits per heavy atom. The van der Waals surface area contributed by atoms with Crippen LogP contribution in [0, 0.1) is 0 Å². The molecule has 4 N–H and O–H groups in total. The number of amides is 2. The summed E-state index contributed by atoms with van der Waals surface area (Å²) in [6.45, 7) is 2.24. The zero-order chi connectivity index (χ0) is 9.40. The third-order valence-electron chi connectivity index (χ3n) is 1.06. The van der Waals surface area contributed by atoms with Gasteiger partial charge in [0.15, 0.2) is 0 Å². The van der Waals surface area contributed by atoms with Crippen molar-refractivity contribution in [1.29, 1.82) is 0 Å². The van der Waals surface area contributed by atoms with Gasteiger partial charge in [-0.2, -0.15) is 0 Å². The second kappa shape index (κ2) is 6.41. The molecule has 0 atom stereocenters. The second-order valence-corrected chi connectivity index (χ2v) is 1.96. The molecule has 0 spiro atoms. The Hall–Kier alpha value is -1.30. The normalized spacial score (nSPS) is 8.83. The number of alkyl carbamates (subject to hydrolysis) is 1. The summed E-state index contributed by atoms with van der Waals surface area (Å²) in [5.74, 6) is 4.48. The molecule has 0 heterocycles. The minimum atomic E-state index is -0.526. The predicted octanol–water partition coefficient (Wildman–Crippen LogP) is -0.887. The lowest BCUT2D eigenvalue weighted by molar-refractivity contribution is -0.121. The van der Waals surface area contributed by atoms with E-state index in [2.05, 4.69) is 10.1 Å². The molecule has 0 aliphatic carbocycles. The van der Waals surface area contributed by atoms with Crippen molar-refractivity contribution < 1.29 is 14.3 Å². The first-order valence-electron chi connectivity index (χ1n) is 3.60. The Bertz CT molecular complexity index is 160. The first-order chi connectivity index (χ1) is 5.70. The Labute approximate surface area is 70.4 Å². The molecule has 0 aromatic carbocycles. The van der Waals surface area contributed by atoms with Crippen molar-refractivity contribution in [2.75, 3.05) is 13.2 Å². The lowest BCUT2D eigenvalue weighted by Gasteiger charge is -2.03. The molecule has 0 radical (unpaired) electrons. The molecule has 0 aromatic rings. The first kappa shape index (κ1) is 10.7. The Morgan fingerprint density at radius 3 is 2.67 bits per heavy atom.